The second kappa shape index (κ2) is 18.1. The number of anilines is 4. The Morgan fingerprint density at radius 3 is 1.59 bits per heavy atom. The maximum Gasteiger partial charge on any atom is 0.0663 e. The molecule has 70 heavy (non-hydrogen) atoms. The summed E-state index contributed by atoms with van der Waals surface area (Å²) in [5.41, 5.74) is 15.5. The molecule has 11 rings (SSSR count). The largest absolute Gasteiger partial charge is 0.509 e. The maximum atomic E-state index is 6.98. The van der Waals surface area contributed by atoms with Gasteiger partial charge in [0, 0.05) is 66.7 Å². The van der Waals surface area contributed by atoms with Crippen LogP contribution in [-0.2, 0) is 42.7 Å². The smallest absolute Gasteiger partial charge is 0.0663 e. The van der Waals surface area contributed by atoms with Crippen LogP contribution >= 0.6 is 0 Å². The van der Waals surface area contributed by atoms with Crippen LogP contribution in [0.3, 0.4) is 0 Å². The Balaban J connectivity index is 0.00000567. The molecule has 0 amide bonds. The number of benzene rings is 8. The van der Waals surface area contributed by atoms with Gasteiger partial charge in [-0.25, -0.2) is 0 Å². The number of pyridine rings is 1. The van der Waals surface area contributed by atoms with Gasteiger partial charge in [-0.1, -0.05) is 182 Å². The summed E-state index contributed by atoms with van der Waals surface area (Å²) in [6, 6.07) is 79.3. The second-order valence-electron chi connectivity index (χ2n) is 20.6. The van der Waals surface area contributed by atoms with E-state index in [0.717, 1.165) is 39.6 Å². The van der Waals surface area contributed by atoms with Gasteiger partial charge in [0.25, 0.3) is 0 Å². The predicted molar refractivity (Wildman–Crippen MR) is 283 cm³/mol. The van der Waals surface area contributed by atoms with Gasteiger partial charge in [0.1, 0.15) is 0 Å². The van der Waals surface area contributed by atoms with E-state index in [2.05, 4.69) is 265 Å². The van der Waals surface area contributed by atoms with Crippen LogP contribution in [0.25, 0.3) is 11.1 Å². The molecular weight excluding hydrogens is 1030 g/mol. The van der Waals surface area contributed by atoms with E-state index in [1.807, 2.05) is 18.3 Å². The van der Waals surface area contributed by atoms with Crippen molar-refractivity contribution in [2.45, 2.75) is 70.1 Å². The molecule has 0 unspecified atom stereocenters. The summed E-state index contributed by atoms with van der Waals surface area (Å²) in [6.45, 7) is 18.3. The monoisotopic (exact) mass is 1090 g/mol. The third-order valence-electron chi connectivity index (χ3n) is 14.6. The minimum Gasteiger partial charge on any atom is -0.509 e. The molecule has 1 aromatic heterocycles. The molecule has 1 aliphatic heterocycles. The van der Waals surface area contributed by atoms with E-state index in [1.165, 1.54) is 44.5 Å². The molecule has 0 spiro atoms. The third-order valence-corrected chi connectivity index (χ3v) is 14.6. The SMILES string of the molecule is CC(C)(C)c1cc(Oc2[c-]c(C3(c4ccccn4)c4ccccc4-c4ccccc43)ccc2)[c-]c(N2[CH-]N(c3cc(C(C)(C)c4ccccc4)cc(C(C)(C)c4ccccc4)c3)c3ccccc32)c1.[Pt]. The molecule has 2 heterocycles. The zero-order valence-electron chi connectivity index (χ0n) is 40.8. The molecule has 0 fully saturated rings. The van der Waals surface area contributed by atoms with Crippen LogP contribution in [0.4, 0.5) is 22.7 Å². The van der Waals surface area contributed by atoms with Crippen molar-refractivity contribution in [2.75, 3.05) is 9.80 Å². The van der Waals surface area contributed by atoms with E-state index in [0.29, 0.717) is 11.5 Å². The summed E-state index contributed by atoms with van der Waals surface area (Å²) in [5, 5.41) is 0. The van der Waals surface area contributed by atoms with Crippen molar-refractivity contribution in [3.05, 3.63) is 275 Å². The number of ether oxygens (including phenoxy) is 1. The Morgan fingerprint density at radius 2 is 1.01 bits per heavy atom. The topological polar surface area (TPSA) is 28.6 Å². The fraction of sp³-hybridized carbons (Fsp3) is 0.169. The molecule has 0 radical (unpaired) electrons. The van der Waals surface area contributed by atoms with Gasteiger partial charge >= 0.3 is 0 Å². The fourth-order valence-corrected chi connectivity index (χ4v) is 10.5. The van der Waals surface area contributed by atoms with E-state index in [9.17, 15) is 0 Å². The molecule has 0 saturated heterocycles. The van der Waals surface area contributed by atoms with E-state index in [4.69, 9.17) is 9.72 Å². The Morgan fingerprint density at radius 1 is 0.471 bits per heavy atom. The van der Waals surface area contributed by atoms with Gasteiger partial charge in [-0.3, -0.25) is 4.98 Å². The van der Waals surface area contributed by atoms with Crippen LogP contribution in [0.15, 0.2) is 206 Å². The zero-order valence-corrected chi connectivity index (χ0v) is 43.0. The summed E-state index contributed by atoms with van der Waals surface area (Å²) in [6.07, 6.45) is 1.89. The summed E-state index contributed by atoms with van der Waals surface area (Å²) in [5.74, 6) is 1.23. The average molecular weight is 1090 g/mol. The van der Waals surface area contributed by atoms with Crippen molar-refractivity contribution < 1.29 is 25.8 Å². The number of rotatable bonds is 10. The van der Waals surface area contributed by atoms with Crippen molar-refractivity contribution in [3.8, 4) is 22.6 Å². The standard InChI is InChI=1S/C65H56N3O.Pt/c1-62(2,3)48-38-52(43-54(42-48)69-53-28-22-27-47(41-53)65(61-35-20-21-36-66-61)57-31-16-14-29-55(57)56-30-15-17-32-58(56)65)68-44-67(59-33-18-19-34-60(59)68)51-39-49(63(4,5)45-23-10-8-11-24-45)37-50(40-51)64(6,7)46-25-12-9-13-26-46;/h8-40,42,44H,1-7H3;/q-3;. The Hall–Kier alpha value is -7.00. The number of para-hydroxylation sites is 2. The van der Waals surface area contributed by atoms with E-state index < -0.39 is 5.41 Å². The molecule has 0 saturated carbocycles. The third kappa shape index (κ3) is 7.97. The van der Waals surface area contributed by atoms with Crippen LogP contribution in [0.2, 0.25) is 0 Å². The fourth-order valence-electron chi connectivity index (χ4n) is 10.5. The number of aromatic nitrogens is 1. The number of hydrogen-bond acceptors (Lipinski definition) is 4. The summed E-state index contributed by atoms with van der Waals surface area (Å²) < 4.78 is 6.98. The van der Waals surface area contributed by atoms with Crippen molar-refractivity contribution in [3.63, 3.8) is 0 Å². The van der Waals surface area contributed by atoms with E-state index in [1.54, 1.807) is 0 Å². The minimum absolute atomic E-state index is 0. The molecule has 2 aliphatic rings. The van der Waals surface area contributed by atoms with Gasteiger partial charge in [0.2, 0.25) is 0 Å². The molecular formula is C65H56N3OPt-3. The molecule has 4 nitrogen and oxygen atoms in total. The maximum absolute atomic E-state index is 6.98. The first kappa shape index (κ1) is 46.7. The summed E-state index contributed by atoms with van der Waals surface area (Å²) in [7, 11) is 0. The molecule has 8 aromatic carbocycles. The van der Waals surface area contributed by atoms with Crippen molar-refractivity contribution in [1.82, 2.24) is 4.98 Å². The molecule has 350 valence electrons. The van der Waals surface area contributed by atoms with Gasteiger partial charge < -0.3 is 14.5 Å². The molecule has 0 N–H and O–H groups in total. The normalized spacial score (nSPS) is 13.8. The summed E-state index contributed by atoms with van der Waals surface area (Å²) >= 11 is 0. The first-order chi connectivity index (χ1) is 33.3. The van der Waals surface area contributed by atoms with E-state index in [-0.39, 0.29) is 37.3 Å². The average Bonchev–Trinajstić information content (AvgIpc) is 3.92. The van der Waals surface area contributed by atoms with Crippen LogP contribution in [0.1, 0.15) is 98.7 Å². The first-order valence-electron chi connectivity index (χ1n) is 24.0. The Bertz CT molecular complexity index is 3220. The molecule has 1 aliphatic carbocycles. The Labute approximate surface area is 428 Å². The zero-order chi connectivity index (χ0) is 47.5. The van der Waals surface area contributed by atoms with Gasteiger partial charge in [0.05, 0.1) is 11.1 Å². The molecule has 0 bridgehead atoms. The minimum atomic E-state index is -0.697. The van der Waals surface area contributed by atoms with Gasteiger partial charge in [0.15, 0.2) is 0 Å². The van der Waals surface area contributed by atoms with E-state index >= 15 is 0 Å². The number of nitrogens with zero attached hydrogens (tertiary/aromatic N) is 3. The van der Waals surface area contributed by atoms with Crippen LogP contribution < -0.4 is 14.5 Å². The summed E-state index contributed by atoms with van der Waals surface area (Å²) in [4.78, 5) is 9.64. The van der Waals surface area contributed by atoms with Crippen molar-refractivity contribution >= 4 is 22.7 Å². The second-order valence-corrected chi connectivity index (χ2v) is 20.6. The molecule has 0 atom stereocenters. The van der Waals surface area contributed by atoms with Crippen molar-refractivity contribution in [2.24, 2.45) is 0 Å². The molecule has 5 heteroatoms. The quantitative estimate of drug-likeness (QED) is 0.128. The van der Waals surface area contributed by atoms with Gasteiger partial charge in [-0.05, 0) is 86.3 Å². The predicted octanol–water partition coefficient (Wildman–Crippen LogP) is 16.2. The number of hydrogen-bond donors (Lipinski definition) is 0. The van der Waals surface area contributed by atoms with Gasteiger partial charge in [-0.15, -0.1) is 53.8 Å². The van der Waals surface area contributed by atoms with Crippen LogP contribution in [0.5, 0.6) is 11.5 Å². The Kier molecular flexibility index (Phi) is 12.1. The molecule has 9 aromatic rings. The van der Waals surface area contributed by atoms with Gasteiger partial charge in [-0.2, -0.15) is 12.1 Å². The van der Waals surface area contributed by atoms with Crippen LogP contribution in [-0.4, -0.2) is 4.98 Å². The van der Waals surface area contributed by atoms with Crippen molar-refractivity contribution in [1.29, 1.82) is 0 Å². The number of fused-ring (bicyclic) bond motifs is 4. The van der Waals surface area contributed by atoms with Crippen LogP contribution in [0, 0.1) is 18.8 Å². The first-order valence-corrected chi connectivity index (χ1v) is 24.0.